The van der Waals surface area contributed by atoms with Crippen LogP contribution in [0.2, 0.25) is 0 Å². The molecule has 0 heterocycles. The van der Waals surface area contributed by atoms with Crippen molar-refractivity contribution in [2.45, 2.75) is 44.0 Å². The summed E-state index contributed by atoms with van der Waals surface area (Å²) in [6, 6.07) is 0. The van der Waals surface area contributed by atoms with Crippen molar-refractivity contribution in [2.24, 2.45) is 0 Å². The van der Waals surface area contributed by atoms with Crippen LogP contribution in [0.3, 0.4) is 0 Å². The molecule has 2 heteroatoms. The number of hydrogen-bond donors (Lipinski definition) is 0. The Morgan fingerprint density at radius 1 is 1.40 bits per heavy atom. The van der Waals surface area contributed by atoms with Crippen LogP contribution < -0.4 is 0 Å². The largest absolute Gasteiger partial charge is 0.382 e. The summed E-state index contributed by atoms with van der Waals surface area (Å²) in [5.41, 5.74) is 0. The molecule has 0 N–H and O–H groups in total. The van der Waals surface area contributed by atoms with Crippen molar-refractivity contribution in [3.05, 3.63) is 0 Å². The number of methoxy groups -OCH3 is 1. The van der Waals surface area contributed by atoms with Gasteiger partial charge in [0.25, 0.3) is 0 Å². The van der Waals surface area contributed by atoms with Crippen LogP contribution in [0.5, 0.6) is 0 Å². The zero-order chi connectivity index (χ0) is 7.98. The van der Waals surface area contributed by atoms with Gasteiger partial charge in [0.1, 0.15) is 0 Å². The number of rotatable bonds is 5. The minimum atomic E-state index is 0.409. The van der Waals surface area contributed by atoms with Crippen molar-refractivity contribution in [3.8, 4) is 0 Å². The van der Waals surface area contributed by atoms with Gasteiger partial charge in [-0.1, -0.05) is 22.9 Å². The molecule has 0 aromatic heterocycles. The minimum Gasteiger partial charge on any atom is -0.382 e. The molecule has 0 aliphatic rings. The molecule has 10 heavy (non-hydrogen) atoms. The minimum absolute atomic E-state index is 0.409. The topological polar surface area (TPSA) is 9.23 Å². The second-order valence-corrected chi connectivity index (χ2v) is 3.92. The Kier molecular flexibility index (Phi) is 6.44. The van der Waals surface area contributed by atoms with Crippen LogP contribution in [0.1, 0.15) is 33.1 Å². The van der Waals surface area contributed by atoms with E-state index in [1.165, 1.54) is 12.8 Å². The molecule has 0 spiro atoms. The van der Waals surface area contributed by atoms with Gasteiger partial charge < -0.3 is 4.74 Å². The van der Waals surface area contributed by atoms with E-state index in [4.69, 9.17) is 4.74 Å². The molecule has 0 aromatic rings. The summed E-state index contributed by atoms with van der Waals surface area (Å²) in [7, 11) is 1.76. The zero-order valence-corrected chi connectivity index (χ0v) is 8.65. The van der Waals surface area contributed by atoms with E-state index in [2.05, 4.69) is 29.8 Å². The average molecular weight is 209 g/mol. The normalized spacial score (nSPS) is 16.8. The fourth-order valence-corrected chi connectivity index (χ4v) is 1.00. The molecular weight excluding hydrogens is 192 g/mol. The maximum Gasteiger partial charge on any atom is 0.0543 e. The quantitative estimate of drug-likeness (QED) is 0.632. The number of halogens is 1. The van der Waals surface area contributed by atoms with E-state index in [1.54, 1.807) is 7.11 Å². The van der Waals surface area contributed by atoms with Crippen LogP contribution in [-0.4, -0.2) is 18.0 Å². The predicted octanol–water partition coefficient (Wildman–Crippen LogP) is 2.98. The molecule has 62 valence electrons. The lowest BCUT2D eigenvalue weighted by Crippen LogP contribution is -2.07. The maximum absolute atomic E-state index is 5.12. The van der Waals surface area contributed by atoms with Crippen molar-refractivity contribution in [1.82, 2.24) is 0 Å². The fourth-order valence-electron chi connectivity index (χ4n) is 0.738. The van der Waals surface area contributed by atoms with Crippen LogP contribution in [0.15, 0.2) is 0 Å². The van der Waals surface area contributed by atoms with E-state index >= 15 is 0 Å². The van der Waals surface area contributed by atoms with Crippen LogP contribution in [0.4, 0.5) is 0 Å². The standard InChI is InChI=1S/C8H17BrO/c1-4-8(9)6-5-7(2)10-3/h7-8H,4-6H2,1-3H3. The summed E-state index contributed by atoms with van der Waals surface area (Å²) in [6.07, 6.45) is 3.98. The first-order valence-electron chi connectivity index (χ1n) is 3.87. The lowest BCUT2D eigenvalue weighted by molar-refractivity contribution is 0.109. The van der Waals surface area contributed by atoms with Gasteiger partial charge in [0, 0.05) is 11.9 Å². The highest BCUT2D eigenvalue weighted by atomic mass is 79.9. The van der Waals surface area contributed by atoms with E-state index in [-0.39, 0.29) is 0 Å². The third-order valence-electron chi connectivity index (χ3n) is 1.73. The fraction of sp³-hybridized carbons (Fsp3) is 1.00. The molecule has 0 saturated carbocycles. The van der Waals surface area contributed by atoms with E-state index in [0.29, 0.717) is 10.9 Å². The van der Waals surface area contributed by atoms with Crippen molar-refractivity contribution in [2.75, 3.05) is 7.11 Å². The summed E-state index contributed by atoms with van der Waals surface area (Å²) in [5, 5.41) is 0. The molecule has 0 fully saturated rings. The van der Waals surface area contributed by atoms with Gasteiger partial charge in [0.05, 0.1) is 6.10 Å². The Morgan fingerprint density at radius 3 is 2.40 bits per heavy atom. The molecule has 0 aromatic carbocycles. The molecule has 0 rings (SSSR count). The van der Waals surface area contributed by atoms with Crippen molar-refractivity contribution in [3.63, 3.8) is 0 Å². The van der Waals surface area contributed by atoms with Crippen molar-refractivity contribution in [1.29, 1.82) is 0 Å². The number of alkyl halides is 1. The first-order valence-corrected chi connectivity index (χ1v) is 4.79. The van der Waals surface area contributed by atoms with Gasteiger partial charge in [-0.05, 0) is 26.2 Å². The summed E-state index contributed by atoms with van der Waals surface area (Å²) in [6.45, 7) is 4.30. The van der Waals surface area contributed by atoms with Gasteiger partial charge >= 0.3 is 0 Å². The van der Waals surface area contributed by atoms with Crippen LogP contribution in [0.25, 0.3) is 0 Å². The number of hydrogen-bond acceptors (Lipinski definition) is 1. The molecule has 0 bridgehead atoms. The second-order valence-electron chi connectivity index (χ2n) is 2.63. The average Bonchev–Trinajstić information content (AvgIpc) is 1.99. The van der Waals surface area contributed by atoms with Gasteiger partial charge in [-0.3, -0.25) is 0 Å². The summed E-state index contributed by atoms with van der Waals surface area (Å²) in [4.78, 5) is 0.671. The predicted molar refractivity (Wildman–Crippen MR) is 48.7 cm³/mol. The van der Waals surface area contributed by atoms with E-state index in [1.807, 2.05) is 0 Å². The Bertz CT molecular complexity index is 65.7. The Labute approximate surface area is 72.3 Å². The molecule has 2 unspecified atom stereocenters. The maximum atomic E-state index is 5.12. The summed E-state index contributed by atoms with van der Waals surface area (Å²) >= 11 is 3.58. The van der Waals surface area contributed by atoms with E-state index < -0.39 is 0 Å². The highest BCUT2D eigenvalue weighted by molar-refractivity contribution is 9.09. The second kappa shape index (κ2) is 6.17. The third kappa shape index (κ3) is 5.24. The van der Waals surface area contributed by atoms with Gasteiger partial charge in [-0.15, -0.1) is 0 Å². The molecule has 0 radical (unpaired) electrons. The molecule has 0 saturated heterocycles. The smallest absolute Gasteiger partial charge is 0.0543 e. The van der Waals surface area contributed by atoms with Crippen molar-refractivity contribution < 1.29 is 4.74 Å². The van der Waals surface area contributed by atoms with Gasteiger partial charge in [0.15, 0.2) is 0 Å². The molecule has 0 aliphatic heterocycles. The Balaban J connectivity index is 3.17. The van der Waals surface area contributed by atoms with Gasteiger partial charge in [0.2, 0.25) is 0 Å². The molecule has 1 nitrogen and oxygen atoms in total. The first kappa shape index (κ1) is 10.4. The van der Waals surface area contributed by atoms with Gasteiger partial charge in [-0.25, -0.2) is 0 Å². The molecule has 2 atom stereocenters. The highest BCUT2D eigenvalue weighted by Crippen LogP contribution is 2.13. The molecule has 0 amide bonds. The Morgan fingerprint density at radius 2 is 2.00 bits per heavy atom. The summed E-state index contributed by atoms with van der Waals surface area (Å²) < 4.78 is 5.12. The summed E-state index contributed by atoms with van der Waals surface area (Å²) in [5.74, 6) is 0. The lowest BCUT2D eigenvalue weighted by atomic mass is 10.1. The van der Waals surface area contributed by atoms with E-state index in [9.17, 15) is 0 Å². The van der Waals surface area contributed by atoms with Crippen LogP contribution in [-0.2, 0) is 4.74 Å². The third-order valence-corrected chi connectivity index (χ3v) is 2.84. The molecular formula is C8H17BrO. The van der Waals surface area contributed by atoms with E-state index in [0.717, 1.165) is 6.42 Å². The SMILES string of the molecule is CCC(Br)CCC(C)OC. The number of ether oxygens (including phenoxy) is 1. The Hall–Kier alpha value is 0.440. The van der Waals surface area contributed by atoms with Crippen LogP contribution in [0, 0.1) is 0 Å². The highest BCUT2D eigenvalue weighted by Gasteiger charge is 2.04. The zero-order valence-electron chi connectivity index (χ0n) is 7.06. The van der Waals surface area contributed by atoms with Gasteiger partial charge in [-0.2, -0.15) is 0 Å². The first-order chi connectivity index (χ1) is 4.70. The lowest BCUT2D eigenvalue weighted by Gasteiger charge is -2.11. The van der Waals surface area contributed by atoms with Crippen LogP contribution >= 0.6 is 15.9 Å². The molecule has 0 aliphatic carbocycles. The monoisotopic (exact) mass is 208 g/mol. The van der Waals surface area contributed by atoms with Crippen molar-refractivity contribution >= 4 is 15.9 Å².